The molecule has 0 bridgehead atoms. The van der Waals surface area contributed by atoms with Crippen molar-refractivity contribution in [2.24, 2.45) is 29.4 Å². The first kappa shape index (κ1) is 72.1. The van der Waals surface area contributed by atoms with E-state index in [0.717, 1.165) is 16.9 Å². The Kier molecular flexibility index (Phi) is 28.3. The van der Waals surface area contributed by atoms with E-state index in [1.54, 1.807) is 57.2 Å². The molecule has 0 unspecified atom stereocenters. The molecule has 0 aromatic heterocycles. The number of carbonyl (C=O) groups excluding carboxylic acids is 10. The van der Waals surface area contributed by atoms with Gasteiger partial charge in [0, 0.05) is 82.3 Å². The molecule has 25 heteroatoms. The van der Waals surface area contributed by atoms with Crippen LogP contribution in [0.25, 0.3) is 0 Å². The van der Waals surface area contributed by atoms with Gasteiger partial charge in [0.15, 0.2) is 11.7 Å². The van der Waals surface area contributed by atoms with Gasteiger partial charge in [-0.25, -0.2) is 14.4 Å². The molecule has 4 aliphatic rings. The van der Waals surface area contributed by atoms with Gasteiger partial charge >= 0.3 is 30.2 Å². The first-order valence-corrected chi connectivity index (χ1v) is 31.1. The quantitative estimate of drug-likeness (QED) is 0.0102. The summed E-state index contributed by atoms with van der Waals surface area (Å²) in [4.78, 5) is 132. The summed E-state index contributed by atoms with van der Waals surface area (Å²) in [7, 11) is 0. The van der Waals surface area contributed by atoms with Gasteiger partial charge in [-0.05, 0) is 106 Å². The van der Waals surface area contributed by atoms with Crippen molar-refractivity contribution in [2.75, 3.05) is 44.6 Å². The number of ether oxygens (including phenoxy) is 5. The standard InChI is InChI=1S/C64H94N8O17/c1-10-49(75)43(7)58-50(87-58)36-40(4)16-14-17-41(5)57-42(6)20-25-51(86-44(8)73)64(9,29-28-47(74)37-55(79)88-57)89-63(84)71-34-32-70(33-35-71)62(83)85-38-45-21-23-46(24-22-45)67-59(80)48(18-15-30-66-61(65)82)68-60(81)56(39(2)3)69-52(76)19-12-11-13-31-72-53(77)26-27-54(72)78/h14,16-17,20-27,39-40,42-43,47-51,56-58,74-75H,10-13,15,18-19,28-38H2,1-9H3,(H,67,80)(H,68,81)(H,69,76)(H3,65,66,82)/b16-14+,25-20+,41-17+/t40-,42+,43-,47-,48+,49+,50-,51+,56+,57-,58-,64-/m1/s1. The molecule has 0 spiro atoms. The summed E-state index contributed by atoms with van der Waals surface area (Å²) >= 11 is 0. The van der Waals surface area contributed by atoms with Crippen molar-refractivity contribution in [1.82, 2.24) is 30.7 Å². The monoisotopic (exact) mass is 1250 g/mol. The molecule has 9 amide bonds. The number of unbranched alkanes of at least 4 members (excludes halogenated alkanes) is 2. The minimum absolute atomic E-state index is 0.00283. The molecule has 4 heterocycles. The zero-order valence-corrected chi connectivity index (χ0v) is 52.9. The van der Waals surface area contributed by atoms with Gasteiger partial charge in [0.05, 0.1) is 30.8 Å². The number of hydrogen-bond donors (Lipinski definition) is 7. The highest BCUT2D eigenvalue weighted by atomic mass is 16.6. The van der Waals surface area contributed by atoms with Crippen molar-refractivity contribution >= 4 is 65.4 Å². The van der Waals surface area contributed by atoms with Crippen LogP contribution in [0.2, 0.25) is 0 Å². The number of epoxide rings is 1. The number of esters is 2. The molecule has 0 aliphatic carbocycles. The molecule has 0 radical (unpaired) electrons. The smallest absolute Gasteiger partial charge is 0.410 e. The van der Waals surface area contributed by atoms with Gasteiger partial charge in [-0.15, -0.1) is 0 Å². The fourth-order valence-electron chi connectivity index (χ4n) is 10.8. The molecule has 2 fully saturated rings. The highest BCUT2D eigenvalue weighted by Gasteiger charge is 2.45. The maximum atomic E-state index is 14.0. The third-order valence-electron chi connectivity index (χ3n) is 16.4. The maximum Gasteiger partial charge on any atom is 0.410 e. The van der Waals surface area contributed by atoms with Crippen LogP contribution in [0, 0.1) is 23.7 Å². The number of aliphatic hydroxyl groups excluding tert-OH is 2. The van der Waals surface area contributed by atoms with Gasteiger partial charge in [-0.3, -0.25) is 38.5 Å². The maximum absolute atomic E-state index is 14.0. The molecule has 2 saturated heterocycles. The fraction of sp³-hybridized carbons (Fsp3) is 0.625. The Morgan fingerprint density at radius 2 is 1.54 bits per heavy atom. The number of urea groups is 1. The molecule has 8 N–H and O–H groups in total. The Balaban J connectivity index is 1.12. The third-order valence-corrected chi connectivity index (χ3v) is 16.4. The number of nitrogens with zero attached hydrogens (tertiary/aromatic N) is 3. The number of primary amides is 1. The lowest BCUT2D eigenvalue weighted by Crippen LogP contribution is -2.54. The molecule has 1 aromatic carbocycles. The number of anilines is 1. The van der Waals surface area contributed by atoms with Crippen molar-refractivity contribution in [3.63, 3.8) is 0 Å². The van der Waals surface area contributed by atoms with E-state index >= 15 is 0 Å². The van der Waals surface area contributed by atoms with Crippen LogP contribution < -0.4 is 27.0 Å². The molecular formula is C64H94N8O17. The van der Waals surface area contributed by atoms with E-state index in [9.17, 15) is 58.2 Å². The second kappa shape index (κ2) is 34.9. The summed E-state index contributed by atoms with van der Waals surface area (Å²) in [6.07, 6.45) is 9.94. The van der Waals surface area contributed by atoms with Crippen molar-refractivity contribution in [3.8, 4) is 0 Å². The molecular weight excluding hydrogens is 1150 g/mol. The number of hydrogen-bond acceptors (Lipinski definition) is 17. The van der Waals surface area contributed by atoms with Gasteiger partial charge < -0.3 is 70.7 Å². The largest absolute Gasteiger partial charge is 0.457 e. The number of allylic oxidation sites excluding steroid dienone is 3. The second-order valence-corrected chi connectivity index (χ2v) is 24.2. The van der Waals surface area contributed by atoms with Gasteiger partial charge in [-0.1, -0.05) is 84.4 Å². The number of nitrogens with two attached hydrogens (primary N) is 1. The summed E-state index contributed by atoms with van der Waals surface area (Å²) in [6.45, 7) is 16.6. The number of rotatable bonds is 28. The minimum atomic E-state index is -1.52. The number of cyclic esters (lactones) is 1. The van der Waals surface area contributed by atoms with Gasteiger partial charge in [0.25, 0.3) is 11.8 Å². The van der Waals surface area contributed by atoms with Crippen molar-refractivity contribution in [3.05, 3.63) is 77.9 Å². The molecule has 492 valence electrons. The SMILES string of the molecule is CC[C@H](O)[C@@H](C)[C@H]1O[C@@H]1C[C@H](C)/C=C/C=C(\C)[C@H]1OC(=O)C[C@H](O)CC[C@@](C)(OC(=O)N2CCN(C(=O)OCc3ccc(NC(=O)[C@H](CCCNC(N)=O)NC(=O)[C@@H](NC(=O)CCCCCN4C(=O)C=CC4=O)C(C)C)cc3)CC2)[C@@H](OC(C)=O)/C=C/[C@@H]1C. The number of amides is 9. The summed E-state index contributed by atoms with van der Waals surface area (Å²) < 4.78 is 29.4. The second-order valence-electron chi connectivity index (χ2n) is 24.2. The van der Waals surface area contributed by atoms with Crippen molar-refractivity contribution in [1.29, 1.82) is 0 Å². The summed E-state index contributed by atoms with van der Waals surface area (Å²) in [5, 5.41) is 32.1. The van der Waals surface area contributed by atoms with E-state index in [1.807, 2.05) is 45.9 Å². The number of piperazine rings is 1. The number of aliphatic hydroxyl groups is 2. The van der Waals surface area contributed by atoms with E-state index < -0.39 is 90.0 Å². The average molecular weight is 1250 g/mol. The van der Waals surface area contributed by atoms with Crippen LogP contribution >= 0.6 is 0 Å². The van der Waals surface area contributed by atoms with E-state index in [-0.39, 0.29) is 132 Å². The van der Waals surface area contributed by atoms with Gasteiger partial charge in [0.2, 0.25) is 17.7 Å². The molecule has 89 heavy (non-hydrogen) atoms. The van der Waals surface area contributed by atoms with E-state index in [4.69, 9.17) is 29.4 Å². The third kappa shape index (κ3) is 23.4. The van der Waals surface area contributed by atoms with Crippen molar-refractivity contribution in [2.45, 2.75) is 194 Å². The molecule has 12 atom stereocenters. The summed E-state index contributed by atoms with van der Waals surface area (Å²) in [6, 6.07) is 3.63. The summed E-state index contributed by atoms with van der Waals surface area (Å²) in [5.74, 6) is -4.16. The van der Waals surface area contributed by atoms with Crippen LogP contribution in [0.3, 0.4) is 0 Å². The number of carbonyl (C=O) groups is 10. The van der Waals surface area contributed by atoms with Crippen LogP contribution in [0.15, 0.2) is 72.4 Å². The fourth-order valence-corrected chi connectivity index (χ4v) is 10.8. The Bertz CT molecular complexity index is 2730. The molecule has 4 aliphatic heterocycles. The van der Waals surface area contributed by atoms with Crippen LogP contribution in [-0.4, -0.2) is 178 Å². The molecule has 5 rings (SSSR count). The number of nitrogens with one attached hydrogen (secondary N) is 4. The van der Waals surface area contributed by atoms with Gasteiger partial charge in [-0.2, -0.15) is 0 Å². The van der Waals surface area contributed by atoms with Crippen molar-refractivity contribution < 1.29 is 81.8 Å². The van der Waals surface area contributed by atoms with E-state index in [1.165, 1.54) is 28.9 Å². The Morgan fingerprint density at radius 3 is 2.17 bits per heavy atom. The Morgan fingerprint density at radius 1 is 0.876 bits per heavy atom. The van der Waals surface area contributed by atoms with E-state index in [2.05, 4.69) is 28.2 Å². The predicted octanol–water partition coefficient (Wildman–Crippen LogP) is 5.62. The minimum Gasteiger partial charge on any atom is -0.457 e. The lowest BCUT2D eigenvalue weighted by molar-refractivity contribution is -0.158. The number of imide groups is 1. The molecule has 1 aromatic rings. The zero-order valence-electron chi connectivity index (χ0n) is 52.9. The highest BCUT2D eigenvalue weighted by molar-refractivity contribution is 6.12. The normalized spacial score (nSPS) is 24.5. The highest BCUT2D eigenvalue weighted by Crippen LogP contribution is 2.37. The van der Waals surface area contributed by atoms with Crippen LogP contribution in [-0.2, 0) is 63.9 Å². The van der Waals surface area contributed by atoms with Crippen LogP contribution in [0.5, 0.6) is 0 Å². The number of benzene rings is 1. The van der Waals surface area contributed by atoms with E-state index in [0.29, 0.717) is 36.9 Å². The first-order valence-electron chi connectivity index (χ1n) is 31.1. The van der Waals surface area contributed by atoms with Crippen LogP contribution in [0.1, 0.15) is 139 Å². The Labute approximate surface area is 521 Å². The summed E-state index contributed by atoms with van der Waals surface area (Å²) in [5.41, 5.74) is 5.37. The average Bonchev–Trinajstić information content (AvgIpc) is 3.11. The first-order chi connectivity index (χ1) is 42.2. The van der Waals surface area contributed by atoms with Crippen LogP contribution in [0.4, 0.5) is 20.1 Å². The topological polar surface area (TPSA) is 344 Å². The van der Waals surface area contributed by atoms with Gasteiger partial charge in [0.1, 0.15) is 24.8 Å². The lowest BCUT2D eigenvalue weighted by atomic mass is 9.88. The Hall–Kier alpha value is -7.64. The predicted molar refractivity (Wildman–Crippen MR) is 328 cm³/mol. The molecule has 0 saturated carbocycles. The zero-order chi connectivity index (χ0) is 65.5. The lowest BCUT2D eigenvalue weighted by Gasteiger charge is -2.39. The molecule has 25 nitrogen and oxygen atoms in total.